The van der Waals surface area contributed by atoms with Gasteiger partial charge in [0.2, 0.25) is 0 Å². The summed E-state index contributed by atoms with van der Waals surface area (Å²) in [6.07, 6.45) is 4.18. The molecule has 4 heteroatoms. The van der Waals surface area contributed by atoms with E-state index in [1.165, 1.54) is 12.8 Å². The van der Waals surface area contributed by atoms with Crippen LogP contribution in [0.1, 0.15) is 35.8 Å². The molecule has 0 bridgehead atoms. The third-order valence-electron chi connectivity index (χ3n) is 3.36. The molecule has 0 saturated heterocycles. The van der Waals surface area contributed by atoms with Crippen LogP contribution in [0, 0.1) is 23.7 Å². The minimum atomic E-state index is -0.158. The van der Waals surface area contributed by atoms with Crippen LogP contribution in [0.4, 0.5) is 0 Å². The molecule has 1 unspecified atom stereocenters. The molecule has 1 aromatic rings. The molecule has 1 amide bonds. The first kappa shape index (κ1) is 13.6. The standard InChI is InChI=1S/C15H19N3O/c1-11(12-6-7-12)10-18-15(19)14-13(4-2-8-16)5-3-9-17-14/h3,5,9,11-12H,6-8,10,16H2,1H3,(H,18,19). The predicted octanol–water partition coefficient (Wildman–Crippen LogP) is 1.17. The van der Waals surface area contributed by atoms with Crippen LogP contribution in [-0.2, 0) is 0 Å². The molecule has 100 valence electrons. The second-order valence-corrected chi connectivity index (χ2v) is 4.93. The maximum Gasteiger partial charge on any atom is 0.271 e. The van der Waals surface area contributed by atoms with Gasteiger partial charge in [-0.2, -0.15) is 0 Å². The fourth-order valence-electron chi connectivity index (χ4n) is 2.00. The van der Waals surface area contributed by atoms with Gasteiger partial charge in [-0.15, -0.1) is 0 Å². The van der Waals surface area contributed by atoms with E-state index in [9.17, 15) is 4.79 Å². The lowest BCUT2D eigenvalue weighted by atomic mass is 10.1. The molecule has 1 atom stereocenters. The zero-order valence-corrected chi connectivity index (χ0v) is 11.1. The summed E-state index contributed by atoms with van der Waals surface area (Å²) < 4.78 is 0. The van der Waals surface area contributed by atoms with Gasteiger partial charge in [-0.05, 0) is 36.8 Å². The first-order valence-corrected chi connectivity index (χ1v) is 6.64. The van der Waals surface area contributed by atoms with E-state index < -0.39 is 0 Å². The Balaban J connectivity index is 2.01. The highest BCUT2D eigenvalue weighted by Crippen LogP contribution is 2.36. The number of amides is 1. The third-order valence-corrected chi connectivity index (χ3v) is 3.36. The molecule has 0 aromatic carbocycles. The van der Waals surface area contributed by atoms with Crippen LogP contribution in [0.2, 0.25) is 0 Å². The Morgan fingerprint density at radius 3 is 3.11 bits per heavy atom. The Morgan fingerprint density at radius 2 is 2.42 bits per heavy atom. The minimum Gasteiger partial charge on any atom is -0.350 e. The predicted molar refractivity (Wildman–Crippen MR) is 74.4 cm³/mol. The van der Waals surface area contributed by atoms with Crippen molar-refractivity contribution in [1.82, 2.24) is 10.3 Å². The molecule has 1 fully saturated rings. The number of nitrogens with zero attached hydrogens (tertiary/aromatic N) is 1. The van der Waals surface area contributed by atoms with Crippen LogP contribution >= 0.6 is 0 Å². The number of carbonyl (C=O) groups is 1. The summed E-state index contributed by atoms with van der Waals surface area (Å²) in [6.45, 7) is 3.14. The van der Waals surface area contributed by atoms with E-state index in [2.05, 4.69) is 29.1 Å². The third kappa shape index (κ3) is 3.80. The molecule has 0 radical (unpaired) electrons. The lowest BCUT2D eigenvalue weighted by molar-refractivity contribution is 0.0941. The Kier molecular flexibility index (Phi) is 4.53. The zero-order valence-electron chi connectivity index (χ0n) is 11.1. The maximum absolute atomic E-state index is 12.1. The van der Waals surface area contributed by atoms with Crippen LogP contribution in [0.5, 0.6) is 0 Å². The van der Waals surface area contributed by atoms with Gasteiger partial charge in [-0.1, -0.05) is 18.8 Å². The number of hydrogen-bond donors (Lipinski definition) is 2. The Bertz CT molecular complexity index is 512. The highest BCUT2D eigenvalue weighted by molar-refractivity contribution is 5.94. The molecule has 1 heterocycles. The number of pyridine rings is 1. The fourth-order valence-corrected chi connectivity index (χ4v) is 2.00. The minimum absolute atomic E-state index is 0.158. The normalized spacial score (nSPS) is 15.3. The summed E-state index contributed by atoms with van der Waals surface area (Å²) in [5.74, 6) is 6.78. The van der Waals surface area contributed by atoms with Crippen molar-refractivity contribution >= 4 is 5.91 Å². The molecule has 1 saturated carbocycles. The van der Waals surface area contributed by atoms with Crippen molar-refractivity contribution in [2.75, 3.05) is 13.1 Å². The van der Waals surface area contributed by atoms with Crippen LogP contribution < -0.4 is 11.1 Å². The van der Waals surface area contributed by atoms with Crippen LogP contribution in [0.15, 0.2) is 18.3 Å². The zero-order chi connectivity index (χ0) is 13.7. The van der Waals surface area contributed by atoms with Gasteiger partial charge in [0.15, 0.2) is 0 Å². The SMILES string of the molecule is CC(CNC(=O)c1ncccc1C#CCN)C1CC1. The summed E-state index contributed by atoms with van der Waals surface area (Å²) in [4.78, 5) is 16.2. The summed E-state index contributed by atoms with van der Waals surface area (Å²) in [5.41, 5.74) is 6.36. The summed E-state index contributed by atoms with van der Waals surface area (Å²) in [6, 6.07) is 3.55. The van der Waals surface area contributed by atoms with E-state index in [4.69, 9.17) is 5.73 Å². The molecule has 4 nitrogen and oxygen atoms in total. The van der Waals surface area contributed by atoms with E-state index in [1.54, 1.807) is 18.3 Å². The van der Waals surface area contributed by atoms with Gasteiger partial charge in [-0.3, -0.25) is 4.79 Å². The van der Waals surface area contributed by atoms with E-state index in [-0.39, 0.29) is 12.5 Å². The van der Waals surface area contributed by atoms with Crippen molar-refractivity contribution in [3.63, 3.8) is 0 Å². The molecule has 1 aliphatic rings. The molecule has 0 aliphatic heterocycles. The number of rotatable bonds is 4. The Morgan fingerprint density at radius 1 is 1.63 bits per heavy atom. The lowest BCUT2D eigenvalue weighted by Gasteiger charge is -2.11. The Labute approximate surface area is 113 Å². The molecule has 19 heavy (non-hydrogen) atoms. The van der Waals surface area contributed by atoms with Crippen molar-refractivity contribution in [3.05, 3.63) is 29.6 Å². The van der Waals surface area contributed by atoms with Crippen molar-refractivity contribution < 1.29 is 4.79 Å². The average Bonchev–Trinajstić information content (AvgIpc) is 3.27. The van der Waals surface area contributed by atoms with Crippen molar-refractivity contribution in [3.8, 4) is 11.8 Å². The highest BCUT2D eigenvalue weighted by atomic mass is 16.1. The largest absolute Gasteiger partial charge is 0.350 e. The van der Waals surface area contributed by atoms with E-state index in [0.29, 0.717) is 23.7 Å². The molecular formula is C15H19N3O. The second-order valence-electron chi connectivity index (χ2n) is 4.93. The van der Waals surface area contributed by atoms with Gasteiger partial charge in [0.25, 0.3) is 5.91 Å². The van der Waals surface area contributed by atoms with Gasteiger partial charge >= 0.3 is 0 Å². The lowest BCUT2D eigenvalue weighted by Crippen LogP contribution is -2.30. The fraction of sp³-hybridized carbons (Fsp3) is 0.467. The van der Waals surface area contributed by atoms with Crippen molar-refractivity contribution in [2.45, 2.75) is 19.8 Å². The van der Waals surface area contributed by atoms with Crippen LogP contribution in [0.3, 0.4) is 0 Å². The smallest absolute Gasteiger partial charge is 0.271 e. The van der Waals surface area contributed by atoms with E-state index in [1.807, 2.05) is 0 Å². The molecular weight excluding hydrogens is 238 g/mol. The van der Waals surface area contributed by atoms with Gasteiger partial charge < -0.3 is 11.1 Å². The van der Waals surface area contributed by atoms with Crippen molar-refractivity contribution in [1.29, 1.82) is 0 Å². The summed E-state index contributed by atoms with van der Waals surface area (Å²) >= 11 is 0. The van der Waals surface area contributed by atoms with Crippen LogP contribution in [0.25, 0.3) is 0 Å². The topological polar surface area (TPSA) is 68.0 Å². The number of carbonyl (C=O) groups excluding carboxylic acids is 1. The van der Waals surface area contributed by atoms with Crippen LogP contribution in [-0.4, -0.2) is 24.0 Å². The number of aromatic nitrogens is 1. The van der Waals surface area contributed by atoms with Crippen molar-refractivity contribution in [2.24, 2.45) is 17.6 Å². The first-order chi connectivity index (χ1) is 9.22. The van der Waals surface area contributed by atoms with Gasteiger partial charge in [-0.25, -0.2) is 4.98 Å². The van der Waals surface area contributed by atoms with Gasteiger partial charge in [0, 0.05) is 12.7 Å². The summed E-state index contributed by atoms with van der Waals surface area (Å²) in [7, 11) is 0. The Hall–Kier alpha value is -1.86. The first-order valence-electron chi connectivity index (χ1n) is 6.64. The quantitative estimate of drug-likeness (QED) is 0.796. The van der Waals surface area contributed by atoms with Gasteiger partial charge in [0.05, 0.1) is 12.1 Å². The number of hydrogen-bond acceptors (Lipinski definition) is 3. The number of nitrogens with two attached hydrogens (primary N) is 1. The van der Waals surface area contributed by atoms with E-state index in [0.717, 1.165) is 5.92 Å². The molecule has 1 aliphatic carbocycles. The molecule has 0 spiro atoms. The van der Waals surface area contributed by atoms with Gasteiger partial charge in [0.1, 0.15) is 5.69 Å². The monoisotopic (exact) mass is 257 g/mol. The molecule has 2 rings (SSSR count). The summed E-state index contributed by atoms with van der Waals surface area (Å²) in [5, 5.41) is 2.94. The number of nitrogens with one attached hydrogen (secondary N) is 1. The highest BCUT2D eigenvalue weighted by Gasteiger charge is 2.28. The second kappa shape index (κ2) is 6.35. The molecule has 3 N–H and O–H groups in total. The average molecular weight is 257 g/mol. The maximum atomic E-state index is 12.1. The molecule has 1 aromatic heterocycles. The van der Waals surface area contributed by atoms with E-state index >= 15 is 0 Å².